The van der Waals surface area contributed by atoms with E-state index < -0.39 is 12.1 Å². The van der Waals surface area contributed by atoms with Crippen LogP contribution < -0.4 is 0 Å². The molecule has 6 heteroatoms. The third-order valence-electron chi connectivity index (χ3n) is 4.99. The number of amides is 1. The first kappa shape index (κ1) is 18.8. The summed E-state index contributed by atoms with van der Waals surface area (Å²) in [7, 11) is 0. The number of fused-ring (bicyclic) bond motifs is 1. The second-order valence-corrected chi connectivity index (χ2v) is 7.67. The zero-order valence-electron chi connectivity index (χ0n) is 14.6. The molecule has 2 N–H and O–H groups in total. The van der Waals surface area contributed by atoms with Gasteiger partial charge in [0.15, 0.2) is 6.10 Å². The fourth-order valence-electron chi connectivity index (χ4n) is 3.51. The molecule has 2 aromatic carbocycles. The summed E-state index contributed by atoms with van der Waals surface area (Å²) in [5.41, 5.74) is 5.03. The molecule has 1 unspecified atom stereocenters. The number of aliphatic hydroxyl groups is 1. The van der Waals surface area contributed by atoms with E-state index in [1.807, 2.05) is 42.2 Å². The van der Waals surface area contributed by atoms with Gasteiger partial charge in [0.1, 0.15) is 0 Å². The molecule has 0 bridgehead atoms. The van der Waals surface area contributed by atoms with Crippen molar-refractivity contribution >= 4 is 34.5 Å². The third-order valence-corrected chi connectivity index (χ3v) is 6.38. The minimum Gasteiger partial charge on any atom is -0.479 e. The Hall–Kier alpha value is -1.93. The van der Waals surface area contributed by atoms with Crippen LogP contribution in [-0.2, 0) is 29.1 Å². The number of rotatable bonds is 4. The van der Waals surface area contributed by atoms with Crippen LogP contribution >= 0.6 is 22.6 Å². The summed E-state index contributed by atoms with van der Waals surface area (Å²) < 4.78 is 0.753. The maximum atomic E-state index is 12.7. The van der Waals surface area contributed by atoms with Crippen molar-refractivity contribution in [2.24, 2.45) is 0 Å². The first-order valence-electron chi connectivity index (χ1n) is 8.34. The van der Waals surface area contributed by atoms with Crippen LogP contribution in [0.3, 0.4) is 0 Å². The van der Waals surface area contributed by atoms with Crippen molar-refractivity contribution in [1.29, 1.82) is 0 Å². The molecule has 0 radical (unpaired) electrons. The van der Waals surface area contributed by atoms with E-state index in [0.29, 0.717) is 24.2 Å². The summed E-state index contributed by atoms with van der Waals surface area (Å²) in [6.07, 6.45) is -1.35. The maximum absolute atomic E-state index is 12.7. The number of carbonyl (C=O) groups excluding carboxylic acids is 1. The molecule has 1 aliphatic heterocycles. The highest BCUT2D eigenvalue weighted by atomic mass is 127. The maximum Gasteiger partial charge on any atom is 0.337 e. The number of carboxylic acid groups (broad SMARTS) is 1. The molecule has 1 heterocycles. The van der Waals surface area contributed by atoms with E-state index in [1.54, 1.807) is 6.92 Å². The fourth-order valence-corrected chi connectivity index (χ4v) is 4.53. The van der Waals surface area contributed by atoms with Crippen molar-refractivity contribution in [3.05, 3.63) is 67.3 Å². The second-order valence-electron chi connectivity index (χ2n) is 6.59. The predicted octanol–water partition coefficient (Wildman–Crippen LogP) is 3.11. The number of halogens is 1. The van der Waals surface area contributed by atoms with E-state index in [1.165, 1.54) is 0 Å². The molecule has 26 heavy (non-hydrogen) atoms. The average molecular weight is 465 g/mol. The monoisotopic (exact) mass is 465 g/mol. The summed E-state index contributed by atoms with van der Waals surface area (Å²) in [5, 5.41) is 19.3. The lowest BCUT2D eigenvalue weighted by Gasteiger charge is -2.33. The van der Waals surface area contributed by atoms with Crippen LogP contribution in [0.5, 0.6) is 0 Å². The van der Waals surface area contributed by atoms with Gasteiger partial charge >= 0.3 is 5.97 Å². The van der Waals surface area contributed by atoms with Crippen molar-refractivity contribution < 1.29 is 19.8 Å². The Morgan fingerprint density at radius 1 is 1.19 bits per heavy atom. The van der Waals surface area contributed by atoms with Gasteiger partial charge in [0.2, 0.25) is 5.91 Å². The minimum atomic E-state index is -1.58. The van der Waals surface area contributed by atoms with Gasteiger partial charge in [0.05, 0.1) is 6.42 Å². The van der Waals surface area contributed by atoms with E-state index in [2.05, 4.69) is 22.6 Å². The van der Waals surface area contributed by atoms with Crippen LogP contribution in [0.15, 0.2) is 30.3 Å². The van der Waals surface area contributed by atoms with Gasteiger partial charge in [-0.2, -0.15) is 0 Å². The molecule has 0 saturated carbocycles. The van der Waals surface area contributed by atoms with Crippen LogP contribution in [0.1, 0.15) is 39.5 Å². The smallest absolute Gasteiger partial charge is 0.337 e. The molecule has 0 aliphatic carbocycles. The predicted molar refractivity (Wildman–Crippen MR) is 106 cm³/mol. The van der Waals surface area contributed by atoms with Crippen molar-refractivity contribution in [2.75, 3.05) is 0 Å². The molecule has 3 rings (SSSR count). The van der Waals surface area contributed by atoms with E-state index >= 15 is 0 Å². The van der Waals surface area contributed by atoms with Crippen LogP contribution in [0.25, 0.3) is 0 Å². The first-order valence-corrected chi connectivity index (χ1v) is 9.42. The molecule has 0 aromatic heterocycles. The summed E-state index contributed by atoms with van der Waals surface area (Å²) >= 11 is 2.09. The zero-order chi connectivity index (χ0) is 19.0. The number of benzene rings is 2. The van der Waals surface area contributed by atoms with Gasteiger partial charge in [0, 0.05) is 22.2 Å². The Balaban J connectivity index is 2.01. The Morgan fingerprint density at radius 3 is 2.46 bits per heavy atom. The Labute approximate surface area is 165 Å². The van der Waals surface area contributed by atoms with E-state index in [4.69, 9.17) is 0 Å². The van der Waals surface area contributed by atoms with Crippen molar-refractivity contribution in [1.82, 2.24) is 4.90 Å². The minimum absolute atomic E-state index is 0.0147. The van der Waals surface area contributed by atoms with Gasteiger partial charge < -0.3 is 15.1 Å². The highest BCUT2D eigenvalue weighted by Gasteiger charge is 2.31. The van der Waals surface area contributed by atoms with Gasteiger partial charge in [-0.05, 0) is 64.3 Å². The topological polar surface area (TPSA) is 77.8 Å². The SMILES string of the molecule is Cc1c(I)c(C(O)C(=O)O)c(C)c2c1CN(Cc1ccccc1)C(=O)C2. The average Bonchev–Trinajstić information content (AvgIpc) is 2.62. The van der Waals surface area contributed by atoms with Crippen molar-refractivity contribution in [3.63, 3.8) is 0 Å². The largest absolute Gasteiger partial charge is 0.479 e. The van der Waals surface area contributed by atoms with Crippen LogP contribution in [0.2, 0.25) is 0 Å². The van der Waals surface area contributed by atoms with Crippen molar-refractivity contribution in [3.8, 4) is 0 Å². The number of hydrogen-bond acceptors (Lipinski definition) is 3. The lowest BCUT2D eigenvalue weighted by Crippen LogP contribution is -2.37. The van der Waals surface area contributed by atoms with Gasteiger partial charge in [-0.3, -0.25) is 4.79 Å². The molecular weight excluding hydrogens is 445 g/mol. The van der Waals surface area contributed by atoms with Gasteiger partial charge in [0.25, 0.3) is 0 Å². The zero-order valence-corrected chi connectivity index (χ0v) is 16.8. The van der Waals surface area contributed by atoms with Crippen LogP contribution in [0.4, 0.5) is 0 Å². The quantitative estimate of drug-likeness (QED) is 0.681. The third kappa shape index (κ3) is 3.35. The molecule has 5 nitrogen and oxygen atoms in total. The van der Waals surface area contributed by atoms with Crippen LogP contribution in [0, 0.1) is 17.4 Å². The molecule has 1 aliphatic rings. The summed E-state index contributed by atoms with van der Waals surface area (Å²) in [4.78, 5) is 25.8. The van der Waals surface area contributed by atoms with Gasteiger partial charge in [-0.1, -0.05) is 30.3 Å². The van der Waals surface area contributed by atoms with Gasteiger partial charge in [-0.15, -0.1) is 0 Å². The number of carbonyl (C=O) groups is 2. The molecule has 0 saturated heterocycles. The molecule has 1 atom stereocenters. The number of nitrogens with zero attached hydrogens (tertiary/aromatic N) is 1. The normalized spacial score (nSPS) is 14.9. The summed E-state index contributed by atoms with van der Waals surface area (Å²) in [6, 6.07) is 9.85. The Bertz CT molecular complexity index is 879. The number of aliphatic hydroxyl groups excluding tert-OH is 1. The van der Waals surface area contributed by atoms with E-state index in [0.717, 1.165) is 25.8 Å². The van der Waals surface area contributed by atoms with Crippen LogP contribution in [-0.4, -0.2) is 27.0 Å². The molecule has 1 amide bonds. The molecule has 0 spiro atoms. The van der Waals surface area contributed by atoms with Crippen molar-refractivity contribution in [2.45, 2.75) is 39.5 Å². The second kappa shape index (κ2) is 7.36. The standard InChI is InChI=1S/C20H20INO4/c1-11-14-8-16(23)22(9-13-6-4-3-5-7-13)10-15(14)12(2)18(21)17(11)19(24)20(25)26/h3-7,19,24H,8-10H2,1-2H3,(H,25,26). The van der Waals surface area contributed by atoms with E-state index in [-0.39, 0.29) is 12.3 Å². The lowest BCUT2D eigenvalue weighted by atomic mass is 9.86. The van der Waals surface area contributed by atoms with E-state index in [9.17, 15) is 19.8 Å². The highest BCUT2D eigenvalue weighted by Crippen LogP contribution is 2.36. The Morgan fingerprint density at radius 2 is 1.85 bits per heavy atom. The fraction of sp³-hybridized carbons (Fsp3) is 0.300. The van der Waals surface area contributed by atoms with Gasteiger partial charge in [-0.25, -0.2) is 4.79 Å². The molecule has 136 valence electrons. The number of carboxylic acids is 1. The molecular formula is C20H20INO4. The molecule has 0 fully saturated rings. The highest BCUT2D eigenvalue weighted by molar-refractivity contribution is 14.1. The summed E-state index contributed by atoms with van der Waals surface area (Å²) in [5.74, 6) is -1.26. The first-order chi connectivity index (χ1) is 12.3. The lowest BCUT2D eigenvalue weighted by molar-refractivity contribution is -0.147. The number of aliphatic carboxylic acids is 1. The molecule has 2 aromatic rings. The Kier molecular flexibility index (Phi) is 5.34. The summed E-state index contributed by atoms with van der Waals surface area (Å²) in [6.45, 7) is 4.76. The number of hydrogen-bond donors (Lipinski definition) is 2.